The minimum atomic E-state index is -0.480. The van der Waals surface area contributed by atoms with Crippen molar-refractivity contribution in [2.45, 2.75) is 26.7 Å². The molecule has 0 aliphatic heterocycles. The Balaban J connectivity index is 0.00000225. The maximum atomic E-state index is 11.4. The first kappa shape index (κ1) is 15.1. The van der Waals surface area contributed by atoms with Crippen LogP contribution in [0.3, 0.4) is 0 Å². The smallest absolute Gasteiger partial charge is 0.350 e. The lowest BCUT2D eigenvalue weighted by Gasteiger charge is -2.11. The molecule has 16 heavy (non-hydrogen) atoms. The average molecular weight is 293 g/mol. The maximum absolute atomic E-state index is 11.4. The third-order valence-corrected chi connectivity index (χ3v) is 1.83. The molecule has 5 nitrogen and oxygen atoms in total. The third kappa shape index (κ3) is 5.27. The van der Waals surface area contributed by atoms with Crippen LogP contribution in [0.1, 0.15) is 13.8 Å². The third-order valence-electron chi connectivity index (χ3n) is 1.83. The number of ether oxygens (including phenoxy) is 2. The highest BCUT2D eigenvalue weighted by atomic mass is 79.9. The van der Waals surface area contributed by atoms with Crippen LogP contribution in [0.15, 0.2) is 18.7 Å². The molecule has 0 saturated carbocycles. The average Bonchev–Trinajstić information content (AvgIpc) is 2.51. The van der Waals surface area contributed by atoms with E-state index in [1.807, 2.05) is 37.3 Å². The van der Waals surface area contributed by atoms with Gasteiger partial charge in [0, 0.05) is 6.61 Å². The van der Waals surface area contributed by atoms with Crippen molar-refractivity contribution in [3.63, 3.8) is 0 Å². The van der Waals surface area contributed by atoms with Crippen molar-refractivity contribution >= 4 is 5.97 Å². The van der Waals surface area contributed by atoms with Gasteiger partial charge in [-0.1, -0.05) is 0 Å². The second kappa shape index (κ2) is 7.40. The molecular weight excluding hydrogens is 276 g/mol. The quantitative estimate of drug-likeness (QED) is 0.336. The Labute approximate surface area is 106 Å². The van der Waals surface area contributed by atoms with E-state index in [1.165, 1.54) is 0 Å². The molecule has 0 aliphatic rings. The first-order chi connectivity index (χ1) is 7.11. The van der Waals surface area contributed by atoms with E-state index in [4.69, 9.17) is 9.47 Å². The van der Waals surface area contributed by atoms with Gasteiger partial charge in [0.2, 0.25) is 6.33 Å². The van der Waals surface area contributed by atoms with E-state index >= 15 is 0 Å². The predicted octanol–water partition coefficient (Wildman–Crippen LogP) is -2.76. The summed E-state index contributed by atoms with van der Waals surface area (Å²) in [5.74, 6) is -0.299. The second-order valence-corrected chi connectivity index (χ2v) is 3.26. The fourth-order valence-electron chi connectivity index (χ4n) is 1.24. The highest BCUT2D eigenvalue weighted by Crippen LogP contribution is 1.96. The normalized spacial score (nSPS) is 11.7. The molecule has 1 unspecified atom stereocenters. The number of esters is 1. The van der Waals surface area contributed by atoms with Crippen molar-refractivity contribution in [3.05, 3.63) is 18.7 Å². The van der Waals surface area contributed by atoms with E-state index in [0.29, 0.717) is 6.61 Å². The van der Waals surface area contributed by atoms with Crippen molar-refractivity contribution in [1.29, 1.82) is 0 Å². The highest BCUT2D eigenvalue weighted by Gasteiger charge is 2.12. The van der Waals surface area contributed by atoms with Crippen molar-refractivity contribution in [2.24, 2.45) is 7.05 Å². The number of imidazole rings is 1. The second-order valence-electron chi connectivity index (χ2n) is 3.26. The van der Waals surface area contributed by atoms with Gasteiger partial charge in [-0.05, 0) is 13.8 Å². The molecule has 6 heteroatoms. The van der Waals surface area contributed by atoms with Gasteiger partial charge in [-0.25, -0.2) is 13.9 Å². The number of aryl methyl sites for hydroxylation is 1. The zero-order valence-corrected chi connectivity index (χ0v) is 11.3. The molecule has 1 rings (SSSR count). The van der Waals surface area contributed by atoms with Gasteiger partial charge in [-0.3, -0.25) is 0 Å². The summed E-state index contributed by atoms with van der Waals surface area (Å²) in [7, 11) is 1.89. The summed E-state index contributed by atoms with van der Waals surface area (Å²) in [6.07, 6.45) is 5.00. The van der Waals surface area contributed by atoms with Crippen molar-refractivity contribution in [1.82, 2.24) is 4.57 Å². The van der Waals surface area contributed by atoms with Crippen LogP contribution in [0, 0.1) is 0 Å². The Kier molecular flexibility index (Phi) is 7.00. The lowest BCUT2D eigenvalue weighted by Crippen LogP contribution is -3.00. The van der Waals surface area contributed by atoms with Crippen LogP contribution >= 0.6 is 0 Å². The van der Waals surface area contributed by atoms with Crippen LogP contribution in [0.2, 0.25) is 0 Å². The molecule has 0 fully saturated rings. The van der Waals surface area contributed by atoms with Crippen molar-refractivity contribution < 1.29 is 35.8 Å². The Morgan fingerprint density at radius 3 is 2.75 bits per heavy atom. The van der Waals surface area contributed by atoms with Crippen LogP contribution in [0.4, 0.5) is 0 Å². The van der Waals surface area contributed by atoms with Gasteiger partial charge in [0.05, 0.1) is 7.05 Å². The van der Waals surface area contributed by atoms with E-state index in [0.717, 1.165) is 0 Å². The molecule has 92 valence electrons. The fourth-order valence-corrected chi connectivity index (χ4v) is 1.24. The van der Waals surface area contributed by atoms with Gasteiger partial charge in [-0.2, -0.15) is 0 Å². The Morgan fingerprint density at radius 2 is 2.25 bits per heavy atom. The van der Waals surface area contributed by atoms with Crippen LogP contribution < -0.4 is 21.5 Å². The fraction of sp³-hybridized carbons (Fsp3) is 0.600. The number of carbonyl (C=O) groups is 1. The summed E-state index contributed by atoms with van der Waals surface area (Å²) < 4.78 is 13.7. The number of hydrogen-bond acceptors (Lipinski definition) is 3. The minimum absolute atomic E-state index is 0. The Hall–Kier alpha value is -0.880. The number of halogens is 1. The number of nitrogens with zero attached hydrogens (tertiary/aromatic N) is 2. The molecule has 1 atom stereocenters. The first-order valence-electron chi connectivity index (χ1n) is 4.94. The zero-order chi connectivity index (χ0) is 11.3. The van der Waals surface area contributed by atoms with E-state index in [2.05, 4.69) is 0 Å². The number of carbonyl (C=O) groups excluding carboxylic acids is 1. The number of rotatable bonds is 5. The zero-order valence-electron chi connectivity index (χ0n) is 9.72. The molecule has 0 bridgehead atoms. The molecule has 0 saturated heterocycles. The van der Waals surface area contributed by atoms with Gasteiger partial charge in [0.1, 0.15) is 12.4 Å². The first-order valence-corrected chi connectivity index (χ1v) is 4.94. The SMILES string of the molecule is CCOC(C)OC(=O)Cn1cc[n+](C)c1.[Br-]. The minimum Gasteiger partial charge on any atom is -1.00 e. The van der Waals surface area contributed by atoms with Crippen molar-refractivity contribution in [3.8, 4) is 0 Å². The molecular formula is C10H17BrN2O3. The van der Waals surface area contributed by atoms with Gasteiger partial charge in [0.15, 0.2) is 12.8 Å². The number of aromatic nitrogens is 2. The molecule has 1 aromatic rings. The molecule has 0 amide bonds. The van der Waals surface area contributed by atoms with Crippen LogP contribution in [-0.2, 0) is 27.9 Å². The number of hydrogen-bond donors (Lipinski definition) is 0. The molecule has 1 heterocycles. The summed E-state index contributed by atoms with van der Waals surface area (Å²) >= 11 is 0. The molecule has 0 aliphatic carbocycles. The van der Waals surface area contributed by atoms with Crippen LogP contribution in [0.5, 0.6) is 0 Å². The lowest BCUT2D eigenvalue weighted by molar-refractivity contribution is -0.671. The van der Waals surface area contributed by atoms with E-state index in [-0.39, 0.29) is 29.5 Å². The monoisotopic (exact) mass is 292 g/mol. The van der Waals surface area contributed by atoms with Gasteiger partial charge >= 0.3 is 5.97 Å². The Morgan fingerprint density at radius 1 is 1.56 bits per heavy atom. The van der Waals surface area contributed by atoms with Gasteiger partial charge < -0.3 is 26.5 Å². The molecule has 0 radical (unpaired) electrons. The summed E-state index contributed by atoms with van der Waals surface area (Å²) in [5, 5.41) is 0. The van der Waals surface area contributed by atoms with Crippen LogP contribution in [0.25, 0.3) is 0 Å². The maximum Gasteiger partial charge on any atom is 0.350 e. The summed E-state index contributed by atoms with van der Waals surface area (Å²) in [4.78, 5) is 11.4. The van der Waals surface area contributed by atoms with Gasteiger partial charge in [0.25, 0.3) is 0 Å². The van der Waals surface area contributed by atoms with Crippen LogP contribution in [-0.4, -0.2) is 23.4 Å². The summed E-state index contributed by atoms with van der Waals surface area (Å²) in [6, 6.07) is 0. The topological polar surface area (TPSA) is 44.3 Å². The van der Waals surface area contributed by atoms with Crippen molar-refractivity contribution in [2.75, 3.05) is 6.61 Å². The van der Waals surface area contributed by atoms with E-state index < -0.39 is 6.29 Å². The van der Waals surface area contributed by atoms with E-state index in [1.54, 1.807) is 11.5 Å². The Bertz CT molecular complexity index is 328. The lowest BCUT2D eigenvalue weighted by atomic mass is 10.6. The highest BCUT2D eigenvalue weighted by molar-refractivity contribution is 5.69. The summed E-state index contributed by atoms with van der Waals surface area (Å²) in [5.41, 5.74) is 0. The molecule has 0 N–H and O–H groups in total. The molecule has 1 aromatic heterocycles. The summed E-state index contributed by atoms with van der Waals surface area (Å²) in [6.45, 7) is 4.30. The van der Waals surface area contributed by atoms with Gasteiger partial charge in [-0.15, -0.1) is 0 Å². The molecule has 0 aromatic carbocycles. The molecule has 0 spiro atoms. The van der Waals surface area contributed by atoms with E-state index in [9.17, 15) is 4.79 Å². The largest absolute Gasteiger partial charge is 1.00 e. The predicted molar refractivity (Wildman–Crippen MR) is 52.8 cm³/mol. The standard InChI is InChI=1S/C10H17N2O3.BrH/c1-4-14-9(2)15-10(13)7-12-6-5-11(3)8-12;/h5-6,8-9H,4,7H2,1-3H3;1H/q+1;/p-1.